The van der Waals surface area contributed by atoms with E-state index in [2.05, 4.69) is 102 Å². The van der Waals surface area contributed by atoms with E-state index < -0.39 is 13.7 Å². The molecule has 0 aliphatic rings. The Morgan fingerprint density at radius 1 is 0.600 bits per heavy atom. The van der Waals surface area contributed by atoms with Crippen LogP contribution in [0.3, 0.4) is 0 Å². The van der Waals surface area contributed by atoms with Crippen LogP contribution in [-0.4, -0.2) is 9.97 Å². The van der Waals surface area contributed by atoms with E-state index in [9.17, 15) is 0 Å². The number of pyridine rings is 1. The molecule has 0 atom stereocenters. The van der Waals surface area contributed by atoms with Crippen LogP contribution >= 0.6 is 22.7 Å². The van der Waals surface area contributed by atoms with Crippen molar-refractivity contribution in [3.63, 3.8) is 0 Å². The number of thiophene rings is 1. The molecule has 0 aliphatic heterocycles. The minimum absolute atomic E-state index is 0. The van der Waals surface area contributed by atoms with Crippen LogP contribution in [0, 0.1) is 25.8 Å². The molecule has 5 heteroatoms. The van der Waals surface area contributed by atoms with Crippen molar-refractivity contribution in [3.05, 3.63) is 145 Å². The molecule has 0 aliphatic carbocycles. The molecular formula is C40H26IrN2S2-2. The number of hydrogen-bond donors (Lipinski definition) is 0. The van der Waals surface area contributed by atoms with E-state index in [0.29, 0.717) is 11.3 Å². The Morgan fingerprint density at radius 3 is 1.91 bits per heavy atom. The maximum atomic E-state index is 7.28. The molecule has 0 unspecified atom stereocenters. The maximum absolute atomic E-state index is 7.28. The summed E-state index contributed by atoms with van der Waals surface area (Å²) < 4.78 is 46.2. The first-order chi connectivity index (χ1) is 24.0. The molecule has 3 aromatic heterocycles. The van der Waals surface area contributed by atoms with Crippen molar-refractivity contribution in [1.82, 2.24) is 9.97 Å². The normalized spacial score (nSPS) is 13.7. The SMILES string of the molecule is [2H]C([2H])([2H])c1c[c-]c(-c2ccc(C([2H])([2H])[2H])cn2)cc1.[Ir].[c-]1cc2c3ccccc3c3ccccc3c2cc1-c1nc2sc3ccccc3c2s1. The molecule has 0 amide bonds. The van der Waals surface area contributed by atoms with Crippen LogP contribution in [0.2, 0.25) is 0 Å². The van der Waals surface area contributed by atoms with Gasteiger partial charge in [-0.15, -0.1) is 70.5 Å². The molecule has 0 bridgehead atoms. The quantitative estimate of drug-likeness (QED) is 0.129. The Morgan fingerprint density at radius 2 is 1.24 bits per heavy atom. The van der Waals surface area contributed by atoms with Gasteiger partial charge in [0, 0.05) is 49.6 Å². The zero-order chi connectivity index (χ0) is 34.6. The van der Waals surface area contributed by atoms with Gasteiger partial charge in [0.2, 0.25) is 0 Å². The Hall–Kier alpha value is -4.25. The second-order valence-electron chi connectivity index (χ2n) is 10.4. The maximum Gasteiger partial charge on any atom is 0.124 e. The summed E-state index contributed by atoms with van der Waals surface area (Å²) in [5.74, 6) is 0. The van der Waals surface area contributed by atoms with Gasteiger partial charge in [0.05, 0.1) is 4.70 Å². The minimum Gasteiger partial charge on any atom is -0.304 e. The van der Waals surface area contributed by atoms with Crippen molar-refractivity contribution in [2.75, 3.05) is 0 Å². The Balaban J connectivity index is 0.000000170. The number of aromatic nitrogens is 2. The van der Waals surface area contributed by atoms with Crippen molar-refractivity contribution in [3.8, 4) is 21.8 Å². The number of hydrogen-bond acceptors (Lipinski definition) is 4. The second kappa shape index (κ2) is 12.3. The first-order valence-electron chi connectivity index (χ1n) is 17.1. The van der Waals surface area contributed by atoms with Gasteiger partial charge in [-0.2, -0.15) is 11.3 Å². The predicted molar refractivity (Wildman–Crippen MR) is 190 cm³/mol. The minimum atomic E-state index is -2.18. The Labute approximate surface area is 291 Å². The van der Waals surface area contributed by atoms with E-state index >= 15 is 0 Å². The van der Waals surface area contributed by atoms with Crippen LogP contribution in [-0.2, 0) is 20.1 Å². The Kier molecular flexibility index (Phi) is 6.31. The smallest absolute Gasteiger partial charge is 0.124 e. The van der Waals surface area contributed by atoms with Crippen molar-refractivity contribution >= 4 is 74.6 Å². The molecule has 9 aromatic rings. The summed E-state index contributed by atoms with van der Waals surface area (Å²) in [5, 5.41) is 10.0. The standard InChI is InChI=1S/C27H14NS2.C13H12N.Ir/c1-2-9-19-17(7-1)18-8-3-4-10-20(18)23-15-16(13-14-21(19)23)26-28-27-25(30-26)22-11-5-6-12-24(22)29-27;1-10-3-6-12(7-4-10)13-8-5-11(2)9-14-13;/h1-12,14-15H;3-6,8-9H,1-2H3;/q2*-1;/i;1D3,2D3;. The van der Waals surface area contributed by atoms with E-state index in [-0.39, 0.29) is 31.2 Å². The van der Waals surface area contributed by atoms with Crippen LogP contribution in [0.25, 0.3) is 73.8 Å². The van der Waals surface area contributed by atoms with Crippen LogP contribution in [0.5, 0.6) is 0 Å². The summed E-state index contributed by atoms with van der Waals surface area (Å²) in [6.07, 6.45) is 1.30. The van der Waals surface area contributed by atoms with E-state index in [1.165, 1.54) is 71.5 Å². The van der Waals surface area contributed by atoms with Crippen LogP contribution < -0.4 is 0 Å². The van der Waals surface area contributed by atoms with Gasteiger partial charge < -0.3 is 4.98 Å². The number of thiazole rings is 1. The van der Waals surface area contributed by atoms with Crippen molar-refractivity contribution in [1.29, 1.82) is 0 Å². The van der Waals surface area contributed by atoms with E-state index in [1.54, 1.807) is 34.8 Å². The zero-order valence-corrected chi connectivity index (χ0v) is 27.6. The topological polar surface area (TPSA) is 25.8 Å². The van der Waals surface area contributed by atoms with Crippen LogP contribution in [0.15, 0.2) is 121 Å². The van der Waals surface area contributed by atoms with Gasteiger partial charge in [0.1, 0.15) is 4.83 Å². The van der Waals surface area contributed by atoms with Crippen molar-refractivity contribution in [2.24, 2.45) is 0 Å². The average molecular weight is 797 g/mol. The fourth-order valence-corrected chi connectivity index (χ4v) is 7.94. The van der Waals surface area contributed by atoms with Crippen LogP contribution in [0.1, 0.15) is 19.4 Å². The fourth-order valence-electron chi connectivity index (χ4n) is 5.61. The molecule has 0 saturated heterocycles. The molecule has 0 spiro atoms. The molecule has 45 heavy (non-hydrogen) atoms. The second-order valence-corrected chi connectivity index (χ2v) is 12.5. The summed E-state index contributed by atoms with van der Waals surface area (Å²) in [6.45, 7) is -4.34. The molecule has 2 nitrogen and oxygen atoms in total. The zero-order valence-electron chi connectivity index (χ0n) is 29.6. The predicted octanol–water partition coefficient (Wildman–Crippen LogP) is 11.6. The van der Waals surface area contributed by atoms with E-state index in [0.717, 1.165) is 15.4 Å². The van der Waals surface area contributed by atoms with Crippen molar-refractivity contribution in [2.45, 2.75) is 13.7 Å². The molecular weight excluding hydrogens is 765 g/mol. The molecule has 219 valence electrons. The molecule has 0 N–H and O–H groups in total. The first kappa shape index (κ1) is 23.1. The third-order valence-electron chi connectivity index (χ3n) is 7.69. The third-order valence-corrected chi connectivity index (χ3v) is 10.0. The van der Waals surface area contributed by atoms with Gasteiger partial charge in [-0.05, 0) is 40.3 Å². The largest absolute Gasteiger partial charge is 0.304 e. The fraction of sp³-hybridized carbons (Fsp3) is 0.0500. The van der Waals surface area contributed by atoms with Gasteiger partial charge in [0.15, 0.2) is 0 Å². The summed E-state index contributed by atoms with van der Waals surface area (Å²) in [5.41, 5.74) is 2.62. The monoisotopic (exact) mass is 797 g/mol. The van der Waals surface area contributed by atoms with Gasteiger partial charge in [-0.3, -0.25) is 4.98 Å². The van der Waals surface area contributed by atoms with E-state index in [1.807, 2.05) is 0 Å². The third kappa shape index (κ3) is 5.47. The number of fused-ring (bicyclic) bond motifs is 9. The molecule has 9 rings (SSSR count). The first-order valence-corrected chi connectivity index (χ1v) is 15.7. The molecule has 3 heterocycles. The summed E-state index contributed by atoms with van der Waals surface area (Å²) in [4.78, 5) is 10.2. The number of rotatable bonds is 2. The number of aryl methyl sites for hydroxylation is 2. The summed E-state index contributed by atoms with van der Waals surface area (Å²) in [7, 11) is 0. The van der Waals surface area contributed by atoms with Gasteiger partial charge in [-0.25, -0.2) is 0 Å². The number of benzene rings is 6. The Bertz CT molecular complexity index is 2590. The molecule has 0 fully saturated rings. The van der Waals surface area contributed by atoms with Gasteiger partial charge in [-0.1, -0.05) is 102 Å². The van der Waals surface area contributed by atoms with Crippen molar-refractivity contribution < 1.29 is 28.3 Å². The van der Waals surface area contributed by atoms with Crippen LogP contribution in [0.4, 0.5) is 0 Å². The summed E-state index contributed by atoms with van der Waals surface area (Å²) >= 11 is 3.54. The molecule has 0 saturated carbocycles. The summed E-state index contributed by atoms with van der Waals surface area (Å²) in [6, 6.07) is 44.3. The molecule has 6 aromatic carbocycles. The molecule has 1 radical (unpaired) electrons. The number of nitrogens with zero attached hydrogens (tertiary/aromatic N) is 2. The van der Waals surface area contributed by atoms with Gasteiger partial charge >= 0.3 is 0 Å². The average Bonchev–Trinajstić information content (AvgIpc) is 3.70. The van der Waals surface area contributed by atoms with E-state index in [4.69, 9.17) is 13.2 Å². The van der Waals surface area contributed by atoms with Gasteiger partial charge in [0.25, 0.3) is 0 Å².